The highest BCUT2D eigenvalue weighted by molar-refractivity contribution is 5.95. The summed E-state index contributed by atoms with van der Waals surface area (Å²) in [6, 6.07) is -5.53. The third kappa shape index (κ3) is 15.5. The number of hydrogen-bond donors (Lipinski definition) is 9. The van der Waals surface area contributed by atoms with E-state index in [1.54, 1.807) is 13.8 Å². The summed E-state index contributed by atoms with van der Waals surface area (Å²) in [5, 5.41) is 35.5. The maximum Gasteiger partial charge on any atom is 0.305 e. The first kappa shape index (κ1) is 34.7. The van der Waals surface area contributed by atoms with Gasteiger partial charge >= 0.3 is 17.9 Å². The van der Waals surface area contributed by atoms with E-state index in [0.717, 1.165) is 0 Å². The van der Waals surface area contributed by atoms with E-state index in [2.05, 4.69) is 21.3 Å². The highest BCUT2D eigenvalue weighted by Crippen LogP contribution is 2.08. The fourth-order valence-electron chi connectivity index (χ4n) is 3.14. The van der Waals surface area contributed by atoms with Crippen molar-refractivity contribution in [2.45, 2.75) is 76.5 Å². The van der Waals surface area contributed by atoms with Crippen molar-refractivity contribution >= 4 is 47.4 Å². The maximum atomic E-state index is 12.9. The van der Waals surface area contributed by atoms with Crippen LogP contribution in [0.5, 0.6) is 0 Å². The molecule has 0 spiro atoms. The molecular weight excluding hydrogens is 524 g/mol. The van der Waals surface area contributed by atoms with Crippen molar-refractivity contribution in [2.24, 2.45) is 17.4 Å². The normalized spacial score (nSPS) is 13.7. The third-order valence-corrected chi connectivity index (χ3v) is 5.11. The number of carbonyl (C=O) groups is 8. The first-order chi connectivity index (χ1) is 18.0. The van der Waals surface area contributed by atoms with E-state index in [1.807, 2.05) is 0 Å². The lowest BCUT2D eigenvalue weighted by Gasteiger charge is -2.25. The Morgan fingerprint density at radius 1 is 0.692 bits per heavy atom. The minimum atomic E-state index is -1.56. The van der Waals surface area contributed by atoms with E-state index in [1.165, 1.54) is 0 Å². The topological polar surface area (TPSA) is 297 Å². The Kier molecular flexibility index (Phi) is 15.4. The Morgan fingerprint density at radius 2 is 1.21 bits per heavy atom. The molecule has 0 fully saturated rings. The molecule has 0 aliphatic rings. The van der Waals surface area contributed by atoms with Gasteiger partial charge < -0.3 is 48.1 Å². The molecule has 0 aliphatic carbocycles. The summed E-state index contributed by atoms with van der Waals surface area (Å²) < 4.78 is 0. The molecule has 0 saturated heterocycles. The molecule has 0 aromatic rings. The Hall–Kier alpha value is -4.28. The number of hydrogen-bond acceptors (Lipinski definition) is 9. The molecule has 4 atom stereocenters. The second-order valence-electron chi connectivity index (χ2n) is 9.06. The van der Waals surface area contributed by atoms with Crippen LogP contribution in [0.3, 0.4) is 0 Å². The highest BCUT2D eigenvalue weighted by Gasteiger charge is 2.30. The molecule has 0 aromatic heterocycles. The molecule has 0 bridgehead atoms. The molecule has 220 valence electrons. The standard InChI is InChI=1S/C22H36N6O11/c1-10(2)7-14(22(39)27-13(19(24)36)8-18(34)35)28-21(38)12(4-6-17(32)33)26-15(29)9-25-20(37)11(23)3-5-16(30)31/h10-14H,3-9,23H2,1-2H3,(H2,24,36)(H,25,37)(H,26,29)(H,27,39)(H,28,38)(H,30,31)(H,32,33)(H,34,35)/t11-,12-,13-,14-/m0/s1. The van der Waals surface area contributed by atoms with Gasteiger partial charge in [0.1, 0.15) is 18.1 Å². The van der Waals surface area contributed by atoms with Crippen LogP contribution in [0.25, 0.3) is 0 Å². The van der Waals surface area contributed by atoms with Crippen molar-refractivity contribution in [3.05, 3.63) is 0 Å². The van der Waals surface area contributed by atoms with Gasteiger partial charge in [-0.25, -0.2) is 0 Å². The smallest absolute Gasteiger partial charge is 0.305 e. The molecule has 0 heterocycles. The zero-order valence-corrected chi connectivity index (χ0v) is 21.6. The van der Waals surface area contributed by atoms with E-state index in [4.69, 9.17) is 26.8 Å². The quantitative estimate of drug-likeness (QED) is 0.0747. The van der Waals surface area contributed by atoms with Crippen LogP contribution in [0.1, 0.15) is 52.4 Å². The van der Waals surface area contributed by atoms with Gasteiger partial charge in [-0.1, -0.05) is 13.8 Å². The lowest BCUT2D eigenvalue weighted by molar-refractivity contribution is -0.141. The summed E-state index contributed by atoms with van der Waals surface area (Å²) in [5.74, 6) is -8.76. The number of amides is 5. The second kappa shape index (κ2) is 17.3. The summed E-state index contributed by atoms with van der Waals surface area (Å²) in [6.07, 6.45) is -2.27. The monoisotopic (exact) mass is 560 g/mol. The minimum Gasteiger partial charge on any atom is -0.481 e. The van der Waals surface area contributed by atoms with Crippen LogP contribution in [0.2, 0.25) is 0 Å². The maximum absolute atomic E-state index is 12.9. The van der Waals surface area contributed by atoms with Gasteiger partial charge in [0, 0.05) is 12.8 Å². The van der Waals surface area contributed by atoms with Crippen molar-refractivity contribution in [3.63, 3.8) is 0 Å². The predicted octanol–water partition coefficient (Wildman–Crippen LogP) is -3.38. The lowest BCUT2D eigenvalue weighted by Crippen LogP contribution is -2.57. The largest absolute Gasteiger partial charge is 0.481 e. The van der Waals surface area contributed by atoms with Gasteiger partial charge in [0.15, 0.2) is 0 Å². The van der Waals surface area contributed by atoms with Gasteiger partial charge in [0.05, 0.1) is 19.0 Å². The number of primary amides is 1. The number of nitrogens with one attached hydrogen (secondary N) is 4. The van der Waals surface area contributed by atoms with Crippen molar-refractivity contribution in [2.75, 3.05) is 6.54 Å². The van der Waals surface area contributed by atoms with Gasteiger partial charge in [-0.2, -0.15) is 0 Å². The zero-order valence-electron chi connectivity index (χ0n) is 21.6. The average Bonchev–Trinajstić information content (AvgIpc) is 2.81. The van der Waals surface area contributed by atoms with Gasteiger partial charge in [-0.05, 0) is 25.2 Å². The highest BCUT2D eigenvalue weighted by atomic mass is 16.4. The first-order valence-electron chi connectivity index (χ1n) is 11.9. The van der Waals surface area contributed by atoms with Crippen molar-refractivity contribution in [1.82, 2.24) is 21.3 Å². The van der Waals surface area contributed by atoms with E-state index in [9.17, 15) is 38.4 Å². The molecule has 17 heteroatoms. The zero-order chi connectivity index (χ0) is 30.3. The van der Waals surface area contributed by atoms with Crippen LogP contribution in [-0.4, -0.2) is 93.5 Å². The number of carboxylic acids is 3. The summed E-state index contributed by atoms with van der Waals surface area (Å²) >= 11 is 0. The second-order valence-corrected chi connectivity index (χ2v) is 9.06. The molecular formula is C22H36N6O11. The van der Waals surface area contributed by atoms with Gasteiger partial charge in [-0.15, -0.1) is 0 Å². The van der Waals surface area contributed by atoms with Crippen molar-refractivity contribution < 1.29 is 53.7 Å². The number of nitrogens with two attached hydrogens (primary N) is 2. The molecule has 11 N–H and O–H groups in total. The molecule has 5 amide bonds. The minimum absolute atomic E-state index is 0.0278. The predicted molar refractivity (Wildman–Crippen MR) is 131 cm³/mol. The number of carboxylic acid groups (broad SMARTS) is 3. The molecule has 0 saturated carbocycles. The molecule has 39 heavy (non-hydrogen) atoms. The van der Waals surface area contributed by atoms with E-state index in [0.29, 0.717) is 0 Å². The summed E-state index contributed by atoms with van der Waals surface area (Å²) in [6.45, 7) is 2.76. The third-order valence-electron chi connectivity index (χ3n) is 5.11. The molecule has 0 radical (unpaired) electrons. The van der Waals surface area contributed by atoms with Crippen LogP contribution in [0.15, 0.2) is 0 Å². The lowest BCUT2D eigenvalue weighted by atomic mass is 10.0. The Balaban J connectivity index is 5.45. The fraction of sp³-hybridized carbons (Fsp3) is 0.636. The summed E-state index contributed by atoms with van der Waals surface area (Å²) in [5.41, 5.74) is 10.7. The van der Waals surface area contributed by atoms with E-state index >= 15 is 0 Å². The summed E-state index contributed by atoms with van der Waals surface area (Å²) in [7, 11) is 0. The summed E-state index contributed by atoms with van der Waals surface area (Å²) in [4.78, 5) is 94.1. The van der Waals surface area contributed by atoms with Crippen LogP contribution in [0.4, 0.5) is 0 Å². The van der Waals surface area contributed by atoms with Crippen molar-refractivity contribution in [1.29, 1.82) is 0 Å². The van der Waals surface area contributed by atoms with Crippen molar-refractivity contribution in [3.8, 4) is 0 Å². The van der Waals surface area contributed by atoms with E-state index in [-0.39, 0.29) is 25.2 Å². The van der Waals surface area contributed by atoms with Gasteiger partial charge in [0.25, 0.3) is 0 Å². The van der Waals surface area contributed by atoms with Crippen LogP contribution >= 0.6 is 0 Å². The fourth-order valence-corrected chi connectivity index (χ4v) is 3.14. The molecule has 0 aliphatic heterocycles. The molecule has 0 unspecified atom stereocenters. The van der Waals surface area contributed by atoms with Crippen LogP contribution in [0, 0.1) is 5.92 Å². The first-order valence-corrected chi connectivity index (χ1v) is 11.9. The van der Waals surface area contributed by atoms with Gasteiger partial charge in [-0.3, -0.25) is 38.4 Å². The average molecular weight is 561 g/mol. The number of rotatable bonds is 19. The Labute approximate surface area is 223 Å². The number of carbonyl (C=O) groups excluding carboxylic acids is 5. The van der Waals surface area contributed by atoms with Crippen LogP contribution in [-0.2, 0) is 38.4 Å². The molecule has 17 nitrogen and oxygen atoms in total. The van der Waals surface area contributed by atoms with Crippen LogP contribution < -0.4 is 32.7 Å². The van der Waals surface area contributed by atoms with Gasteiger partial charge in [0.2, 0.25) is 29.5 Å². The Bertz CT molecular complexity index is 939. The van der Waals surface area contributed by atoms with E-state index < -0.39 is 97.4 Å². The molecule has 0 rings (SSSR count). The Morgan fingerprint density at radius 3 is 1.69 bits per heavy atom. The molecule has 0 aromatic carbocycles. The number of aliphatic carboxylic acids is 3. The SMILES string of the molecule is CC(C)C[C@H](NC(=O)[C@H](CCC(=O)O)NC(=O)CNC(=O)[C@@H](N)CCC(=O)O)C(=O)N[C@@H](CC(=O)O)C(N)=O.